The van der Waals surface area contributed by atoms with E-state index in [4.69, 9.17) is 0 Å². The second kappa shape index (κ2) is 4.97. The number of aromatic nitrogens is 2. The molecule has 1 N–H and O–H groups in total. The van der Waals surface area contributed by atoms with E-state index in [1.165, 1.54) is 5.56 Å². The van der Waals surface area contributed by atoms with Gasteiger partial charge in [0.2, 0.25) is 0 Å². The van der Waals surface area contributed by atoms with Gasteiger partial charge in [-0.05, 0) is 54.3 Å². The molecule has 1 aromatic heterocycles. The Morgan fingerprint density at radius 3 is 2.50 bits per heavy atom. The standard InChI is InChI=1S/C12H14IN3/c1-9(14-2)10-3-5-12(6-4-10)16-8-11(13)7-15-16/h3-9,14H,1-2H3. The summed E-state index contributed by atoms with van der Waals surface area (Å²) >= 11 is 2.26. The van der Waals surface area contributed by atoms with Crippen LogP contribution >= 0.6 is 22.6 Å². The highest BCUT2D eigenvalue weighted by atomic mass is 127. The topological polar surface area (TPSA) is 29.9 Å². The number of rotatable bonds is 3. The SMILES string of the molecule is CNC(C)c1ccc(-n2cc(I)cn2)cc1. The number of hydrogen-bond acceptors (Lipinski definition) is 2. The van der Waals surface area contributed by atoms with Gasteiger partial charge in [-0.15, -0.1) is 0 Å². The van der Waals surface area contributed by atoms with Gasteiger partial charge in [-0.1, -0.05) is 12.1 Å². The second-order valence-electron chi connectivity index (χ2n) is 3.71. The molecule has 1 heterocycles. The maximum atomic E-state index is 4.27. The molecule has 0 fully saturated rings. The molecule has 2 rings (SSSR count). The fraction of sp³-hybridized carbons (Fsp3) is 0.250. The van der Waals surface area contributed by atoms with Gasteiger partial charge in [0, 0.05) is 12.2 Å². The summed E-state index contributed by atoms with van der Waals surface area (Å²) in [5.74, 6) is 0. The first-order valence-corrected chi connectivity index (χ1v) is 6.26. The number of benzene rings is 1. The first-order chi connectivity index (χ1) is 7.70. The lowest BCUT2D eigenvalue weighted by Crippen LogP contribution is -2.12. The molecule has 0 aliphatic carbocycles. The number of halogens is 1. The smallest absolute Gasteiger partial charge is 0.0646 e. The molecule has 4 heteroatoms. The first-order valence-electron chi connectivity index (χ1n) is 5.18. The van der Waals surface area contributed by atoms with E-state index in [2.05, 4.69) is 64.2 Å². The molecule has 0 radical (unpaired) electrons. The van der Waals surface area contributed by atoms with Crippen LogP contribution in [0.1, 0.15) is 18.5 Å². The molecule has 0 aliphatic rings. The van der Waals surface area contributed by atoms with Crippen molar-refractivity contribution < 1.29 is 0 Å². The zero-order valence-corrected chi connectivity index (χ0v) is 11.5. The maximum Gasteiger partial charge on any atom is 0.0646 e. The zero-order chi connectivity index (χ0) is 11.5. The molecule has 0 bridgehead atoms. The van der Waals surface area contributed by atoms with Crippen molar-refractivity contribution in [2.75, 3.05) is 7.05 Å². The third-order valence-corrected chi connectivity index (χ3v) is 3.20. The van der Waals surface area contributed by atoms with E-state index >= 15 is 0 Å². The van der Waals surface area contributed by atoms with Gasteiger partial charge < -0.3 is 5.32 Å². The average Bonchev–Trinajstić information content (AvgIpc) is 2.75. The summed E-state index contributed by atoms with van der Waals surface area (Å²) in [5, 5.41) is 7.50. The molecule has 1 unspecified atom stereocenters. The summed E-state index contributed by atoms with van der Waals surface area (Å²) in [4.78, 5) is 0. The third kappa shape index (κ3) is 2.44. The molecule has 3 nitrogen and oxygen atoms in total. The van der Waals surface area contributed by atoms with Crippen molar-refractivity contribution in [3.63, 3.8) is 0 Å². The molecule has 0 aliphatic heterocycles. The van der Waals surface area contributed by atoms with Crippen molar-refractivity contribution in [1.82, 2.24) is 15.1 Å². The summed E-state index contributed by atoms with van der Waals surface area (Å²) in [6.45, 7) is 2.14. The van der Waals surface area contributed by atoms with E-state index in [1.807, 2.05) is 24.1 Å². The van der Waals surface area contributed by atoms with Crippen LogP contribution in [-0.2, 0) is 0 Å². The van der Waals surface area contributed by atoms with E-state index in [1.54, 1.807) is 0 Å². The van der Waals surface area contributed by atoms with E-state index in [0.29, 0.717) is 6.04 Å². The van der Waals surface area contributed by atoms with E-state index < -0.39 is 0 Å². The highest BCUT2D eigenvalue weighted by Gasteiger charge is 2.03. The highest BCUT2D eigenvalue weighted by molar-refractivity contribution is 14.1. The number of nitrogens with one attached hydrogen (secondary N) is 1. The molecule has 84 valence electrons. The van der Waals surface area contributed by atoms with Crippen molar-refractivity contribution in [3.8, 4) is 5.69 Å². The molecule has 0 saturated carbocycles. The van der Waals surface area contributed by atoms with Gasteiger partial charge in [-0.3, -0.25) is 0 Å². The van der Waals surface area contributed by atoms with Gasteiger partial charge in [0.1, 0.15) is 0 Å². The van der Waals surface area contributed by atoms with Gasteiger partial charge >= 0.3 is 0 Å². The minimum absolute atomic E-state index is 0.381. The number of hydrogen-bond donors (Lipinski definition) is 1. The lowest BCUT2D eigenvalue weighted by Gasteiger charge is -2.11. The second-order valence-corrected chi connectivity index (χ2v) is 4.95. The Hall–Kier alpha value is -0.880. The minimum atomic E-state index is 0.381. The minimum Gasteiger partial charge on any atom is -0.313 e. The van der Waals surface area contributed by atoms with Gasteiger partial charge in [-0.2, -0.15) is 5.10 Å². The van der Waals surface area contributed by atoms with Crippen molar-refractivity contribution >= 4 is 22.6 Å². The summed E-state index contributed by atoms with van der Waals surface area (Å²) in [6.07, 6.45) is 3.86. The largest absolute Gasteiger partial charge is 0.313 e. The molecule has 1 aromatic carbocycles. The Kier molecular flexibility index (Phi) is 3.60. The van der Waals surface area contributed by atoms with Crippen LogP contribution in [0.3, 0.4) is 0 Å². The predicted octanol–water partition coefficient (Wildman–Crippen LogP) is 2.76. The monoisotopic (exact) mass is 327 g/mol. The quantitative estimate of drug-likeness (QED) is 0.879. The van der Waals surface area contributed by atoms with E-state index in [9.17, 15) is 0 Å². The van der Waals surface area contributed by atoms with Gasteiger partial charge in [0.05, 0.1) is 15.5 Å². The van der Waals surface area contributed by atoms with Crippen LogP contribution in [0, 0.1) is 3.57 Å². The van der Waals surface area contributed by atoms with Gasteiger partial charge in [0.15, 0.2) is 0 Å². The van der Waals surface area contributed by atoms with E-state index in [0.717, 1.165) is 9.26 Å². The molecule has 0 spiro atoms. The van der Waals surface area contributed by atoms with Crippen LogP contribution in [0.5, 0.6) is 0 Å². The molecule has 2 aromatic rings. The predicted molar refractivity (Wildman–Crippen MR) is 73.8 cm³/mol. The Morgan fingerprint density at radius 1 is 1.31 bits per heavy atom. The van der Waals surface area contributed by atoms with Crippen LogP contribution in [0.4, 0.5) is 0 Å². The Bertz CT molecular complexity index is 461. The van der Waals surface area contributed by atoms with Crippen LogP contribution in [0.15, 0.2) is 36.7 Å². The Balaban J connectivity index is 2.25. The van der Waals surface area contributed by atoms with Crippen LogP contribution in [0.2, 0.25) is 0 Å². The normalized spacial score (nSPS) is 12.7. The maximum absolute atomic E-state index is 4.27. The summed E-state index contributed by atoms with van der Waals surface area (Å²) in [7, 11) is 1.97. The van der Waals surface area contributed by atoms with E-state index in [-0.39, 0.29) is 0 Å². The molecular weight excluding hydrogens is 313 g/mol. The lowest BCUT2D eigenvalue weighted by atomic mass is 10.1. The highest BCUT2D eigenvalue weighted by Crippen LogP contribution is 2.15. The van der Waals surface area contributed by atoms with Crippen LogP contribution < -0.4 is 5.32 Å². The lowest BCUT2D eigenvalue weighted by molar-refractivity contribution is 0.652. The van der Waals surface area contributed by atoms with Crippen molar-refractivity contribution in [2.24, 2.45) is 0 Å². The first kappa shape index (κ1) is 11.6. The zero-order valence-electron chi connectivity index (χ0n) is 9.31. The van der Waals surface area contributed by atoms with Gasteiger partial charge in [-0.25, -0.2) is 4.68 Å². The van der Waals surface area contributed by atoms with Crippen molar-refractivity contribution in [3.05, 3.63) is 45.8 Å². The molecule has 0 amide bonds. The summed E-state index contributed by atoms with van der Waals surface area (Å²) in [6, 6.07) is 8.82. The average molecular weight is 327 g/mol. The Morgan fingerprint density at radius 2 is 2.00 bits per heavy atom. The Labute approximate surface area is 109 Å². The summed E-state index contributed by atoms with van der Waals surface area (Å²) in [5.41, 5.74) is 2.38. The van der Waals surface area contributed by atoms with Crippen molar-refractivity contribution in [1.29, 1.82) is 0 Å². The van der Waals surface area contributed by atoms with Crippen LogP contribution in [-0.4, -0.2) is 16.8 Å². The van der Waals surface area contributed by atoms with Gasteiger partial charge in [0.25, 0.3) is 0 Å². The van der Waals surface area contributed by atoms with Crippen molar-refractivity contribution in [2.45, 2.75) is 13.0 Å². The fourth-order valence-electron chi connectivity index (χ4n) is 1.52. The fourth-order valence-corrected chi connectivity index (χ4v) is 1.91. The van der Waals surface area contributed by atoms with Crippen LogP contribution in [0.25, 0.3) is 5.69 Å². The molecular formula is C12H14IN3. The molecule has 1 atom stereocenters. The number of nitrogens with zero attached hydrogens (tertiary/aromatic N) is 2. The summed E-state index contributed by atoms with van der Waals surface area (Å²) < 4.78 is 3.03. The third-order valence-electron chi connectivity index (χ3n) is 2.64. The molecule has 16 heavy (non-hydrogen) atoms. The molecule has 0 saturated heterocycles.